The second-order valence-electron chi connectivity index (χ2n) is 5.11. The van der Waals surface area contributed by atoms with Gasteiger partial charge in [0.25, 0.3) is 0 Å². The Bertz CT molecular complexity index is 941. The highest BCUT2D eigenvalue weighted by molar-refractivity contribution is 5.82. The van der Waals surface area contributed by atoms with Crippen LogP contribution in [0.4, 0.5) is 5.82 Å². The molecule has 0 aliphatic heterocycles. The molecule has 0 spiro atoms. The molecule has 8 heteroatoms. The highest BCUT2D eigenvalue weighted by atomic mass is 15.3. The van der Waals surface area contributed by atoms with E-state index in [-0.39, 0.29) is 0 Å². The van der Waals surface area contributed by atoms with E-state index >= 15 is 0 Å². The second-order valence-corrected chi connectivity index (χ2v) is 5.11. The maximum absolute atomic E-state index is 4.34. The minimum Gasteiger partial charge on any atom is -0.364 e. The van der Waals surface area contributed by atoms with Gasteiger partial charge in [0, 0.05) is 13.6 Å². The van der Waals surface area contributed by atoms with Crippen molar-refractivity contribution in [3.8, 4) is 5.69 Å². The molecule has 0 aliphatic rings. The Hall–Kier alpha value is -3.29. The van der Waals surface area contributed by atoms with E-state index in [0.29, 0.717) is 6.54 Å². The molecule has 0 aliphatic carbocycles. The van der Waals surface area contributed by atoms with E-state index in [0.717, 1.165) is 28.2 Å². The van der Waals surface area contributed by atoms with E-state index in [1.165, 1.54) is 12.7 Å². The minimum atomic E-state index is 0.630. The van der Waals surface area contributed by atoms with Gasteiger partial charge in [-0.05, 0) is 17.7 Å². The number of nitrogens with one attached hydrogen (secondary N) is 1. The Balaban J connectivity index is 1.58. The van der Waals surface area contributed by atoms with Crippen LogP contribution >= 0.6 is 0 Å². The average Bonchev–Trinajstić information content (AvgIpc) is 3.24. The fraction of sp³-hybridized carbons (Fsp3) is 0.133. The van der Waals surface area contributed by atoms with Crippen molar-refractivity contribution in [3.05, 3.63) is 55.1 Å². The number of aromatic nitrogens is 7. The first kappa shape index (κ1) is 13.4. The summed E-state index contributed by atoms with van der Waals surface area (Å²) < 4.78 is 3.60. The first-order chi connectivity index (χ1) is 11.3. The van der Waals surface area contributed by atoms with Gasteiger partial charge in [-0.2, -0.15) is 5.10 Å². The van der Waals surface area contributed by atoms with Crippen molar-refractivity contribution < 1.29 is 0 Å². The van der Waals surface area contributed by atoms with Crippen molar-refractivity contribution in [1.29, 1.82) is 0 Å². The smallest absolute Gasteiger partial charge is 0.165 e. The van der Waals surface area contributed by atoms with E-state index < -0.39 is 0 Å². The number of fused-ring (bicyclic) bond motifs is 1. The molecule has 0 bridgehead atoms. The first-order valence-electron chi connectivity index (χ1n) is 7.11. The van der Waals surface area contributed by atoms with Gasteiger partial charge in [-0.25, -0.2) is 24.6 Å². The zero-order valence-corrected chi connectivity index (χ0v) is 12.5. The molecule has 0 radical (unpaired) electrons. The third kappa shape index (κ3) is 2.50. The summed E-state index contributed by atoms with van der Waals surface area (Å²) in [5.74, 6) is 0.724. The second kappa shape index (κ2) is 5.48. The SMILES string of the molecule is Cn1cnc2c(NCc3cccc(-n4cncn4)c3)ncnc21. The van der Waals surface area contributed by atoms with Crippen LogP contribution in [0.15, 0.2) is 49.6 Å². The third-order valence-electron chi connectivity index (χ3n) is 3.55. The molecule has 4 rings (SSSR count). The molecule has 0 fully saturated rings. The Morgan fingerprint density at radius 1 is 1.09 bits per heavy atom. The normalized spacial score (nSPS) is 11.0. The van der Waals surface area contributed by atoms with Crippen LogP contribution in [0.5, 0.6) is 0 Å². The Kier molecular flexibility index (Phi) is 3.19. The number of hydrogen-bond donors (Lipinski definition) is 1. The van der Waals surface area contributed by atoms with Crippen LogP contribution in [-0.4, -0.2) is 34.3 Å². The number of imidazole rings is 1. The van der Waals surface area contributed by atoms with E-state index in [4.69, 9.17) is 0 Å². The average molecular weight is 306 g/mol. The van der Waals surface area contributed by atoms with Crippen molar-refractivity contribution in [2.24, 2.45) is 7.05 Å². The predicted octanol–water partition coefficient (Wildman–Crippen LogP) is 1.56. The largest absolute Gasteiger partial charge is 0.364 e. The maximum Gasteiger partial charge on any atom is 0.165 e. The number of rotatable bonds is 4. The molecule has 0 amide bonds. The van der Waals surface area contributed by atoms with Crippen LogP contribution in [0.2, 0.25) is 0 Å². The summed E-state index contributed by atoms with van der Waals surface area (Å²) in [6.45, 7) is 0.630. The lowest BCUT2D eigenvalue weighted by Gasteiger charge is -2.08. The maximum atomic E-state index is 4.34. The number of anilines is 1. The molecular weight excluding hydrogens is 292 g/mol. The molecule has 4 aromatic rings. The van der Waals surface area contributed by atoms with Gasteiger partial charge in [-0.3, -0.25) is 0 Å². The van der Waals surface area contributed by atoms with Crippen molar-refractivity contribution >= 4 is 17.0 Å². The fourth-order valence-corrected chi connectivity index (χ4v) is 2.41. The molecule has 1 N–H and O–H groups in total. The summed E-state index contributed by atoms with van der Waals surface area (Å²) in [4.78, 5) is 16.8. The van der Waals surface area contributed by atoms with Gasteiger partial charge >= 0.3 is 0 Å². The molecule has 8 nitrogen and oxygen atoms in total. The summed E-state index contributed by atoms with van der Waals surface area (Å²) in [7, 11) is 1.91. The lowest BCUT2D eigenvalue weighted by Crippen LogP contribution is -2.04. The van der Waals surface area contributed by atoms with Crippen molar-refractivity contribution in [1.82, 2.24) is 34.3 Å². The highest BCUT2D eigenvalue weighted by Gasteiger charge is 2.08. The Morgan fingerprint density at radius 3 is 2.91 bits per heavy atom. The Morgan fingerprint density at radius 2 is 2.04 bits per heavy atom. The summed E-state index contributed by atoms with van der Waals surface area (Å²) in [6, 6.07) is 8.08. The fourth-order valence-electron chi connectivity index (χ4n) is 2.41. The van der Waals surface area contributed by atoms with Gasteiger partial charge < -0.3 is 9.88 Å². The van der Waals surface area contributed by atoms with E-state index in [1.807, 2.05) is 29.8 Å². The van der Waals surface area contributed by atoms with E-state index in [2.05, 4.69) is 36.4 Å². The highest BCUT2D eigenvalue weighted by Crippen LogP contribution is 2.17. The van der Waals surface area contributed by atoms with Crippen molar-refractivity contribution in [2.45, 2.75) is 6.54 Å². The molecule has 1 aromatic carbocycles. The number of aryl methyl sites for hydroxylation is 1. The molecule has 114 valence electrons. The summed E-state index contributed by atoms with van der Waals surface area (Å²) in [6.07, 6.45) is 6.46. The standard InChI is InChI=1S/C15H14N8/c1-22-10-20-13-14(18-8-19-15(13)22)17-6-11-3-2-4-12(5-11)23-9-16-7-21-23/h2-5,7-10H,6H2,1H3,(H,17,18,19). The van der Waals surface area contributed by atoms with Crippen LogP contribution in [0.1, 0.15) is 5.56 Å². The zero-order valence-electron chi connectivity index (χ0n) is 12.5. The van der Waals surface area contributed by atoms with Gasteiger partial charge in [0.2, 0.25) is 0 Å². The molecule has 23 heavy (non-hydrogen) atoms. The van der Waals surface area contributed by atoms with Gasteiger partial charge in [0.05, 0.1) is 12.0 Å². The molecule has 3 heterocycles. The quantitative estimate of drug-likeness (QED) is 0.615. The van der Waals surface area contributed by atoms with E-state index in [9.17, 15) is 0 Å². The number of hydrogen-bond acceptors (Lipinski definition) is 6. The third-order valence-corrected chi connectivity index (χ3v) is 3.55. The van der Waals surface area contributed by atoms with Crippen molar-refractivity contribution in [2.75, 3.05) is 5.32 Å². The molecule has 3 aromatic heterocycles. The molecule has 0 unspecified atom stereocenters. The minimum absolute atomic E-state index is 0.630. The van der Waals surface area contributed by atoms with Gasteiger partial charge in [0.15, 0.2) is 11.5 Å². The molecule has 0 atom stereocenters. The van der Waals surface area contributed by atoms with Crippen LogP contribution in [0, 0.1) is 0 Å². The van der Waals surface area contributed by atoms with Crippen LogP contribution < -0.4 is 5.32 Å². The van der Waals surface area contributed by atoms with Crippen LogP contribution in [0.3, 0.4) is 0 Å². The lowest BCUT2D eigenvalue weighted by molar-refractivity contribution is 0.876. The van der Waals surface area contributed by atoms with Crippen LogP contribution in [-0.2, 0) is 13.6 Å². The molecular formula is C15H14N8. The summed E-state index contributed by atoms with van der Waals surface area (Å²) in [5, 5.41) is 7.46. The molecule has 0 saturated carbocycles. The zero-order chi connectivity index (χ0) is 15.6. The van der Waals surface area contributed by atoms with E-state index in [1.54, 1.807) is 17.3 Å². The number of nitrogens with zero attached hydrogens (tertiary/aromatic N) is 7. The van der Waals surface area contributed by atoms with Crippen molar-refractivity contribution in [3.63, 3.8) is 0 Å². The van der Waals surface area contributed by atoms with Gasteiger partial charge in [-0.1, -0.05) is 12.1 Å². The van der Waals surface area contributed by atoms with Gasteiger partial charge in [0.1, 0.15) is 24.5 Å². The predicted molar refractivity (Wildman–Crippen MR) is 85.0 cm³/mol. The monoisotopic (exact) mass is 306 g/mol. The van der Waals surface area contributed by atoms with Gasteiger partial charge in [-0.15, -0.1) is 0 Å². The molecule has 0 saturated heterocycles. The summed E-state index contributed by atoms with van der Waals surface area (Å²) in [5.41, 5.74) is 3.65. The number of benzene rings is 1. The van der Waals surface area contributed by atoms with Crippen LogP contribution in [0.25, 0.3) is 16.9 Å². The summed E-state index contributed by atoms with van der Waals surface area (Å²) >= 11 is 0. The Labute approximate surface area is 131 Å². The lowest BCUT2D eigenvalue weighted by atomic mass is 10.2. The first-order valence-corrected chi connectivity index (χ1v) is 7.11. The topological polar surface area (TPSA) is 86.3 Å².